The van der Waals surface area contributed by atoms with Gasteiger partial charge < -0.3 is 11.1 Å². The quantitative estimate of drug-likeness (QED) is 0.473. The Morgan fingerprint density at radius 1 is 1.56 bits per heavy atom. The second-order valence-corrected chi connectivity index (χ2v) is 6.37. The molecule has 0 saturated heterocycles. The molecule has 18 heavy (non-hydrogen) atoms. The van der Waals surface area contributed by atoms with Crippen LogP contribution in [0.3, 0.4) is 0 Å². The Hall–Kier alpha value is -0.940. The topological polar surface area (TPSA) is 55.1 Å². The summed E-state index contributed by atoms with van der Waals surface area (Å²) in [5.41, 5.74) is 7.72. The first-order chi connectivity index (χ1) is 8.38. The second-order valence-electron chi connectivity index (χ2n) is 4.54. The molecule has 1 heterocycles. The molecule has 0 fully saturated rings. The van der Waals surface area contributed by atoms with Gasteiger partial charge in [0.1, 0.15) is 5.00 Å². The third-order valence-corrected chi connectivity index (χ3v) is 4.54. The summed E-state index contributed by atoms with van der Waals surface area (Å²) in [6.45, 7) is 10.3. The van der Waals surface area contributed by atoms with E-state index in [-0.39, 0.29) is 11.7 Å². The Bertz CT molecular complexity index is 464. The van der Waals surface area contributed by atoms with Gasteiger partial charge in [0.25, 0.3) is 0 Å². The number of nitrogens with two attached hydrogens (primary N) is 1. The first-order valence-corrected chi connectivity index (χ1v) is 7.81. The van der Waals surface area contributed by atoms with Crippen molar-refractivity contribution in [1.29, 1.82) is 0 Å². The number of anilines is 2. The molecule has 0 radical (unpaired) electrons. The number of rotatable bonds is 6. The molecule has 0 aromatic carbocycles. The summed E-state index contributed by atoms with van der Waals surface area (Å²) in [7, 11) is 0. The first-order valence-electron chi connectivity index (χ1n) is 5.77. The van der Waals surface area contributed by atoms with Crippen LogP contribution >= 0.6 is 23.1 Å². The summed E-state index contributed by atoms with van der Waals surface area (Å²) in [5, 5.41) is 4.25. The van der Waals surface area contributed by atoms with Crippen LogP contribution in [0.1, 0.15) is 30.4 Å². The third kappa shape index (κ3) is 3.29. The lowest BCUT2D eigenvalue weighted by Crippen LogP contribution is -2.07. The first kappa shape index (κ1) is 15.1. The van der Waals surface area contributed by atoms with Gasteiger partial charge in [0.05, 0.1) is 15.5 Å². The number of hydrogen-bond acceptors (Lipinski definition) is 5. The number of nitrogen functional groups attached to an aromatic ring is 1. The third-order valence-electron chi connectivity index (χ3n) is 2.40. The Morgan fingerprint density at radius 3 is 2.61 bits per heavy atom. The van der Waals surface area contributed by atoms with Crippen molar-refractivity contribution in [2.75, 3.05) is 23.9 Å². The molecule has 0 aliphatic carbocycles. The number of hydrogen-bond donors (Lipinski definition) is 2. The fraction of sp³-hybridized carbons (Fsp3) is 0.462. The highest BCUT2D eigenvalue weighted by atomic mass is 32.2. The minimum absolute atomic E-state index is 0.0327. The number of carbonyl (C=O) groups is 1. The predicted molar refractivity (Wildman–Crippen MR) is 83.0 cm³/mol. The van der Waals surface area contributed by atoms with Gasteiger partial charge in [0.2, 0.25) is 0 Å². The lowest BCUT2D eigenvalue weighted by molar-refractivity contribution is 0.0944. The van der Waals surface area contributed by atoms with E-state index in [9.17, 15) is 4.79 Å². The molecule has 3 N–H and O–H groups in total. The number of thiophene rings is 1. The van der Waals surface area contributed by atoms with Gasteiger partial charge in [0, 0.05) is 12.5 Å². The molecule has 1 aromatic heterocycles. The summed E-state index contributed by atoms with van der Waals surface area (Å²) < 4.78 is 0. The Morgan fingerprint density at radius 2 is 2.17 bits per heavy atom. The smallest absolute Gasteiger partial charge is 0.177 e. The summed E-state index contributed by atoms with van der Waals surface area (Å²) in [5.74, 6) is 0.0748. The van der Waals surface area contributed by atoms with E-state index in [0.717, 1.165) is 15.5 Å². The molecule has 0 saturated carbocycles. The van der Waals surface area contributed by atoms with Crippen LogP contribution in [0, 0.1) is 5.92 Å². The molecule has 0 atom stereocenters. The minimum Gasteiger partial charge on any atom is -0.396 e. The Kier molecular flexibility index (Phi) is 5.28. The zero-order chi connectivity index (χ0) is 13.9. The zero-order valence-electron chi connectivity index (χ0n) is 11.3. The lowest BCUT2D eigenvalue weighted by Gasteiger charge is -2.05. The van der Waals surface area contributed by atoms with Crippen molar-refractivity contribution in [3.8, 4) is 0 Å². The highest BCUT2D eigenvalue weighted by molar-refractivity contribution is 7.99. The molecule has 1 rings (SSSR count). The highest BCUT2D eigenvalue weighted by Gasteiger charge is 2.22. The van der Waals surface area contributed by atoms with Crippen molar-refractivity contribution in [3.05, 3.63) is 17.0 Å². The van der Waals surface area contributed by atoms with Crippen LogP contribution in [0.25, 0.3) is 0 Å². The van der Waals surface area contributed by atoms with E-state index in [1.807, 2.05) is 27.0 Å². The molecule has 0 aliphatic heterocycles. The van der Waals surface area contributed by atoms with Gasteiger partial charge in [-0.05, 0) is 13.2 Å². The van der Waals surface area contributed by atoms with Gasteiger partial charge in [-0.15, -0.1) is 23.1 Å². The van der Waals surface area contributed by atoms with E-state index < -0.39 is 0 Å². The molecular formula is C13H20N2OS2. The van der Waals surface area contributed by atoms with E-state index in [1.54, 1.807) is 11.8 Å². The van der Waals surface area contributed by atoms with Gasteiger partial charge in [-0.3, -0.25) is 4.79 Å². The molecule has 5 heteroatoms. The molecule has 0 spiro atoms. The number of nitrogens with one attached hydrogen (secondary N) is 1. The lowest BCUT2D eigenvalue weighted by atomic mass is 10.1. The van der Waals surface area contributed by atoms with Gasteiger partial charge >= 0.3 is 0 Å². The largest absolute Gasteiger partial charge is 0.396 e. The van der Waals surface area contributed by atoms with Crippen molar-refractivity contribution in [1.82, 2.24) is 0 Å². The van der Waals surface area contributed by atoms with E-state index >= 15 is 0 Å². The van der Waals surface area contributed by atoms with Crippen LogP contribution in [0.15, 0.2) is 17.0 Å². The van der Waals surface area contributed by atoms with Crippen LogP contribution in [-0.2, 0) is 0 Å². The Labute approximate surface area is 117 Å². The molecule has 0 aliphatic rings. The van der Waals surface area contributed by atoms with Crippen molar-refractivity contribution in [3.63, 3.8) is 0 Å². The average Bonchev–Trinajstić information content (AvgIpc) is 2.61. The second kappa shape index (κ2) is 6.29. The molecule has 3 nitrogen and oxygen atoms in total. The van der Waals surface area contributed by atoms with Crippen molar-refractivity contribution < 1.29 is 4.79 Å². The number of thioether (sulfide) groups is 1. The monoisotopic (exact) mass is 284 g/mol. The molecule has 0 unspecified atom stereocenters. The van der Waals surface area contributed by atoms with Crippen molar-refractivity contribution in [2.45, 2.75) is 25.7 Å². The summed E-state index contributed by atoms with van der Waals surface area (Å²) in [6.07, 6.45) is 1.97. The van der Waals surface area contributed by atoms with Crippen molar-refractivity contribution in [2.24, 2.45) is 5.92 Å². The number of Topliss-reactive ketones (excluding diaryl/α,β-unsaturated/α-hetero) is 1. The maximum Gasteiger partial charge on any atom is 0.177 e. The standard InChI is InChI=1S/C13H20N2OS2/c1-7(2)6-15-13-12(17-5)9(14)11(18-13)10(16)8(3)4/h8,15H,1,6,14H2,2-5H3. The van der Waals surface area contributed by atoms with Gasteiger partial charge in [0.15, 0.2) is 5.78 Å². The molecule has 1 aromatic rings. The van der Waals surface area contributed by atoms with Crippen LogP contribution in [0.5, 0.6) is 0 Å². The highest BCUT2D eigenvalue weighted by Crippen LogP contribution is 2.42. The molecular weight excluding hydrogens is 264 g/mol. The predicted octanol–water partition coefficient (Wildman–Crippen LogP) is 3.88. The normalized spacial score (nSPS) is 10.7. The maximum atomic E-state index is 12.1. The van der Waals surface area contributed by atoms with Gasteiger partial charge in [-0.2, -0.15) is 0 Å². The van der Waals surface area contributed by atoms with Crippen LogP contribution in [0.4, 0.5) is 10.7 Å². The van der Waals surface area contributed by atoms with E-state index in [2.05, 4.69) is 11.9 Å². The van der Waals surface area contributed by atoms with Gasteiger partial charge in [-0.25, -0.2) is 0 Å². The maximum absolute atomic E-state index is 12.1. The van der Waals surface area contributed by atoms with E-state index in [4.69, 9.17) is 5.73 Å². The van der Waals surface area contributed by atoms with E-state index in [0.29, 0.717) is 17.1 Å². The number of carbonyl (C=O) groups excluding carboxylic acids is 1. The van der Waals surface area contributed by atoms with E-state index in [1.165, 1.54) is 11.3 Å². The number of ketones is 1. The Balaban J connectivity index is 3.08. The zero-order valence-corrected chi connectivity index (χ0v) is 12.9. The minimum atomic E-state index is -0.0327. The summed E-state index contributed by atoms with van der Waals surface area (Å²) in [4.78, 5) is 13.7. The fourth-order valence-electron chi connectivity index (χ4n) is 1.42. The SMILES string of the molecule is C=C(C)CNc1sc(C(=O)C(C)C)c(N)c1SC. The van der Waals surface area contributed by atoms with Crippen LogP contribution < -0.4 is 11.1 Å². The molecule has 0 amide bonds. The fourth-order valence-corrected chi connectivity index (χ4v) is 3.54. The van der Waals surface area contributed by atoms with Crippen LogP contribution in [0.2, 0.25) is 0 Å². The van der Waals surface area contributed by atoms with Gasteiger partial charge in [-0.1, -0.05) is 26.0 Å². The molecule has 0 bridgehead atoms. The summed E-state index contributed by atoms with van der Waals surface area (Å²) >= 11 is 3.01. The van der Waals surface area contributed by atoms with Crippen molar-refractivity contribution >= 4 is 39.6 Å². The average molecular weight is 284 g/mol. The van der Waals surface area contributed by atoms with Crippen LogP contribution in [-0.4, -0.2) is 18.6 Å². The summed E-state index contributed by atoms with van der Waals surface area (Å²) in [6, 6.07) is 0. The molecule has 100 valence electrons.